The Labute approximate surface area is 166 Å². The summed E-state index contributed by atoms with van der Waals surface area (Å²) in [6.45, 7) is 5.08. The fourth-order valence-corrected chi connectivity index (χ4v) is 4.26. The van der Waals surface area contributed by atoms with E-state index in [0.29, 0.717) is 22.5 Å². The molecule has 2 fully saturated rings. The quantitative estimate of drug-likeness (QED) is 0.765. The largest absolute Gasteiger partial charge is 0.353 e. The van der Waals surface area contributed by atoms with Crippen molar-refractivity contribution in [2.45, 2.75) is 51.1 Å². The maximum Gasteiger partial charge on any atom is 0.220 e. The Morgan fingerprint density at radius 3 is 2.54 bits per heavy atom. The summed E-state index contributed by atoms with van der Waals surface area (Å²) in [5, 5.41) is 7.83. The molecule has 2 N–H and O–H groups in total. The predicted octanol–water partition coefficient (Wildman–Crippen LogP) is 3.85. The fourth-order valence-electron chi connectivity index (χ4n) is 3.94. The molecular formula is C20H29Cl2N3O. The van der Waals surface area contributed by atoms with Gasteiger partial charge in [0.05, 0.1) is 10.0 Å². The van der Waals surface area contributed by atoms with E-state index in [1.54, 1.807) is 0 Å². The number of hydrogen-bond donors (Lipinski definition) is 2. The molecule has 6 heteroatoms. The molecule has 3 rings (SSSR count). The Balaban J connectivity index is 1.35. The topological polar surface area (TPSA) is 44.4 Å². The number of carbonyl (C=O) groups is 1. The number of amides is 1. The van der Waals surface area contributed by atoms with Crippen LogP contribution in [-0.2, 0) is 11.3 Å². The van der Waals surface area contributed by atoms with Crippen LogP contribution in [0, 0.1) is 5.92 Å². The molecule has 0 atom stereocenters. The number of benzene rings is 1. The number of rotatable bonds is 6. The van der Waals surface area contributed by atoms with E-state index >= 15 is 0 Å². The van der Waals surface area contributed by atoms with Crippen LogP contribution in [0.3, 0.4) is 0 Å². The fraction of sp³-hybridized carbons (Fsp3) is 0.650. The van der Waals surface area contributed by atoms with Gasteiger partial charge in [-0.05, 0) is 68.8 Å². The lowest BCUT2D eigenvalue weighted by molar-refractivity contribution is -0.122. The number of nitrogens with zero attached hydrogens (tertiary/aromatic N) is 1. The first-order valence-corrected chi connectivity index (χ1v) is 10.5. The van der Waals surface area contributed by atoms with E-state index < -0.39 is 0 Å². The van der Waals surface area contributed by atoms with Gasteiger partial charge in [0.15, 0.2) is 0 Å². The number of halogens is 2. The van der Waals surface area contributed by atoms with Crippen molar-refractivity contribution in [2.75, 3.05) is 26.2 Å². The van der Waals surface area contributed by atoms with Gasteiger partial charge in [0.25, 0.3) is 0 Å². The molecule has 2 aliphatic rings. The standard InChI is InChI=1S/C20H29Cl2N3O/c21-18-3-1-16(13-19(18)22)14-25-11-7-17(8-12-25)24-20(26)4-2-15-5-9-23-10-6-15/h1,3,13,15,17,23H,2,4-12,14H2,(H,24,26). The third-order valence-corrected chi connectivity index (χ3v) is 6.32. The summed E-state index contributed by atoms with van der Waals surface area (Å²) >= 11 is 12.1. The van der Waals surface area contributed by atoms with Gasteiger partial charge < -0.3 is 10.6 Å². The highest BCUT2D eigenvalue weighted by Gasteiger charge is 2.21. The number of carbonyl (C=O) groups excluding carboxylic acids is 1. The third kappa shape index (κ3) is 6.12. The highest BCUT2D eigenvalue weighted by atomic mass is 35.5. The van der Waals surface area contributed by atoms with Gasteiger partial charge in [-0.3, -0.25) is 9.69 Å². The van der Waals surface area contributed by atoms with E-state index in [9.17, 15) is 4.79 Å². The van der Waals surface area contributed by atoms with Crippen LogP contribution in [0.5, 0.6) is 0 Å². The summed E-state index contributed by atoms with van der Waals surface area (Å²) in [6.07, 6.45) is 6.15. The molecule has 0 spiro atoms. The molecule has 2 heterocycles. The molecule has 0 aromatic heterocycles. The highest BCUT2D eigenvalue weighted by molar-refractivity contribution is 6.42. The predicted molar refractivity (Wildman–Crippen MR) is 108 cm³/mol. The molecular weight excluding hydrogens is 369 g/mol. The van der Waals surface area contributed by atoms with E-state index in [4.69, 9.17) is 23.2 Å². The zero-order chi connectivity index (χ0) is 18.4. The monoisotopic (exact) mass is 397 g/mol. The van der Waals surface area contributed by atoms with Crippen LogP contribution in [0.25, 0.3) is 0 Å². The van der Waals surface area contributed by atoms with Crippen molar-refractivity contribution in [1.82, 2.24) is 15.5 Å². The summed E-state index contributed by atoms with van der Waals surface area (Å²) in [6, 6.07) is 6.15. The van der Waals surface area contributed by atoms with Crippen molar-refractivity contribution in [2.24, 2.45) is 5.92 Å². The molecule has 0 unspecified atom stereocenters. The first-order valence-electron chi connectivity index (χ1n) is 9.76. The zero-order valence-electron chi connectivity index (χ0n) is 15.3. The molecule has 0 saturated carbocycles. The summed E-state index contributed by atoms with van der Waals surface area (Å²) in [5.74, 6) is 0.946. The van der Waals surface area contributed by atoms with Crippen molar-refractivity contribution in [3.8, 4) is 0 Å². The summed E-state index contributed by atoms with van der Waals surface area (Å²) in [5.41, 5.74) is 1.18. The van der Waals surface area contributed by atoms with Crippen LogP contribution in [0.15, 0.2) is 18.2 Å². The van der Waals surface area contributed by atoms with Gasteiger partial charge in [-0.25, -0.2) is 0 Å². The lowest BCUT2D eigenvalue weighted by Crippen LogP contribution is -2.44. The molecule has 4 nitrogen and oxygen atoms in total. The Kier molecular flexibility index (Phi) is 7.62. The van der Waals surface area contributed by atoms with Gasteiger partial charge in [0.1, 0.15) is 0 Å². The van der Waals surface area contributed by atoms with Crippen molar-refractivity contribution < 1.29 is 4.79 Å². The van der Waals surface area contributed by atoms with Crippen molar-refractivity contribution in [3.05, 3.63) is 33.8 Å². The van der Waals surface area contributed by atoms with E-state index in [-0.39, 0.29) is 5.91 Å². The van der Waals surface area contributed by atoms with Gasteiger partial charge in [0, 0.05) is 32.1 Å². The molecule has 0 bridgehead atoms. The second kappa shape index (κ2) is 9.93. The summed E-state index contributed by atoms with van der Waals surface area (Å²) < 4.78 is 0. The van der Waals surface area contributed by atoms with Gasteiger partial charge in [-0.1, -0.05) is 29.3 Å². The van der Waals surface area contributed by atoms with Gasteiger partial charge >= 0.3 is 0 Å². The van der Waals surface area contributed by atoms with Crippen LogP contribution < -0.4 is 10.6 Å². The Bertz CT molecular complexity index is 597. The average molecular weight is 398 g/mol. The van der Waals surface area contributed by atoms with Crippen molar-refractivity contribution in [1.29, 1.82) is 0 Å². The lowest BCUT2D eigenvalue weighted by Gasteiger charge is -2.32. The normalized spacial score (nSPS) is 20.2. The van der Waals surface area contributed by atoms with Crippen molar-refractivity contribution in [3.63, 3.8) is 0 Å². The second-order valence-corrected chi connectivity index (χ2v) is 8.41. The Hall–Kier alpha value is -0.810. The van der Waals surface area contributed by atoms with E-state index in [0.717, 1.165) is 57.9 Å². The van der Waals surface area contributed by atoms with Gasteiger partial charge in [-0.2, -0.15) is 0 Å². The summed E-state index contributed by atoms with van der Waals surface area (Å²) in [7, 11) is 0. The van der Waals surface area contributed by atoms with Crippen LogP contribution in [0.1, 0.15) is 44.1 Å². The maximum atomic E-state index is 12.2. The number of hydrogen-bond acceptors (Lipinski definition) is 3. The van der Waals surface area contributed by atoms with Crippen LogP contribution >= 0.6 is 23.2 Å². The van der Waals surface area contributed by atoms with Crippen LogP contribution in [-0.4, -0.2) is 43.0 Å². The molecule has 144 valence electrons. The molecule has 2 aliphatic heterocycles. The van der Waals surface area contributed by atoms with E-state index in [1.807, 2.05) is 18.2 Å². The first-order chi connectivity index (χ1) is 12.6. The number of piperidine rings is 2. The molecule has 1 aromatic carbocycles. The molecule has 26 heavy (non-hydrogen) atoms. The molecule has 0 aliphatic carbocycles. The molecule has 1 amide bonds. The maximum absolute atomic E-state index is 12.2. The van der Waals surface area contributed by atoms with Gasteiger partial charge in [0.2, 0.25) is 5.91 Å². The highest BCUT2D eigenvalue weighted by Crippen LogP contribution is 2.24. The minimum atomic E-state index is 0.228. The average Bonchev–Trinajstić information content (AvgIpc) is 2.65. The molecule has 1 aromatic rings. The second-order valence-electron chi connectivity index (χ2n) is 7.60. The lowest BCUT2D eigenvalue weighted by atomic mass is 9.93. The number of likely N-dealkylation sites (tertiary alicyclic amines) is 1. The van der Waals surface area contributed by atoms with Gasteiger partial charge in [-0.15, -0.1) is 0 Å². The third-order valence-electron chi connectivity index (χ3n) is 5.58. The molecule has 0 radical (unpaired) electrons. The molecule has 2 saturated heterocycles. The van der Waals surface area contributed by atoms with Crippen LogP contribution in [0.2, 0.25) is 10.0 Å². The first kappa shape index (κ1) is 19.9. The summed E-state index contributed by atoms with van der Waals surface area (Å²) in [4.78, 5) is 14.6. The Morgan fingerprint density at radius 2 is 1.85 bits per heavy atom. The zero-order valence-corrected chi connectivity index (χ0v) is 16.8. The minimum Gasteiger partial charge on any atom is -0.353 e. The SMILES string of the molecule is O=C(CCC1CCNCC1)NC1CCN(Cc2ccc(Cl)c(Cl)c2)CC1. The van der Waals surface area contributed by atoms with Crippen LogP contribution in [0.4, 0.5) is 0 Å². The smallest absolute Gasteiger partial charge is 0.220 e. The number of nitrogens with one attached hydrogen (secondary N) is 2. The van der Waals surface area contributed by atoms with E-state index in [1.165, 1.54) is 18.4 Å². The minimum absolute atomic E-state index is 0.228. The van der Waals surface area contributed by atoms with Crippen molar-refractivity contribution >= 4 is 29.1 Å². The Morgan fingerprint density at radius 1 is 1.12 bits per heavy atom. The van der Waals surface area contributed by atoms with E-state index in [2.05, 4.69) is 15.5 Å².